The summed E-state index contributed by atoms with van der Waals surface area (Å²) in [5.41, 5.74) is 5.56. The quantitative estimate of drug-likeness (QED) is 0.724. The van der Waals surface area contributed by atoms with Gasteiger partial charge in [-0.25, -0.2) is 0 Å². The Balaban J connectivity index is 2.24. The molecule has 1 aliphatic heterocycles. The summed E-state index contributed by atoms with van der Waals surface area (Å²) >= 11 is 0. The van der Waals surface area contributed by atoms with Gasteiger partial charge in [-0.05, 0) is 31.1 Å². The fraction of sp³-hybridized carbons (Fsp3) is 0.667. The summed E-state index contributed by atoms with van der Waals surface area (Å²) in [6.07, 6.45) is 4.39. The summed E-state index contributed by atoms with van der Waals surface area (Å²) in [6, 6.07) is 0.254. The van der Waals surface area contributed by atoms with E-state index in [-0.39, 0.29) is 11.9 Å². The molecule has 0 aromatic rings. The van der Waals surface area contributed by atoms with E-state index in [1.54, 1.807) is 11.9 Å². The molecule has 1 heterocycles. The van der Waals surface area contributed by atoms with E-state index in [2.05, 4.69) is 38.9 Å². The van der Waals surface area contributed by atoms with Crippen LogP contribution < -0.4 is 5.43 Å². The third kappa shape index (κ3) is 2.31. The van der Waals surface area contributed by atoms with Gasteiger partial charge in [-0.1, -0.05) is 32.1 Å². The Morgan fingerprint density at radius 2 is 2.11 bits per heavy atom. The van der Waals surface area contributed by atoms with E-state index in [4.69, 9.17) is 0 Å². The maximum absolute atomic E-state index is 11.7. The van der Waals surface area contributed by atoms with Gasteiger partial charge in [-0.2, -0.15) is 0 Å². The van der Waals surface area contributed by atoms with E-state index < -0.39 is 0 Å². The standard InChI is InChI=1S/C15H24N2O/c1-9-6-10(2)15(11(3)7-9)14-8-12(4)16-17(14)13(5)18/h6,10-11,14-16H,4,7-8H2,1-3,5H3/t10-,11+,14-,15+/m1/s1. The molecule has 0 aromatic heterocycles. The predicted octanol–water partition coefficient (Wildman–Crippen LogP) is 2.86. The second-order valence-electron chi connectivity index (χ2n) is 6.01. The van der Waals surface area contributed by atoms with Crippen molar-refractivity contribution in [3.8, 4) is 0 Å². The van der Waals surface area contributed by atoms with Crippen molar-refractivity contribution in [1.29, 1.82) is 0 Å². The lowest BCUT2D eigenvalue weighted by Crippen LogP contribution is -2.48. The number of rotatable bonds is 1. The van der Waals surface area contributed by atoms with Crippen LogP contribution >= 0.6 is 0 Å². The first-order valence-corrected chi connectivity index (χ1v) is 6.81. The average Bonchev–Trinajstić information content (AvgIpc) is 2.58. The zero-order valence-electron chi connectivity index (χ0n) is 11.9. The number of allylic oxidation sites excluding steroid dienone is 2. The molecule has 0 spiro atoms. The molecule has 0 bridgehead atoms. The molecule has 3 heteroatoms. The van der Waals surface area contributed by atoms with Crippen LogP contribution in [0.15, 0.2) is 23.9 Å². The van der Waals surface area contributed by atoms with Gasteiger partial charge in [0.15, 0.2) is 0 Å². The summed E-state index contributed by atoms with van der Waals surface area (Å²) in [7, 11) is 0. The number of hydrazine groups is 1. The second kappa shape index (κ2) is 4.79. The van der Waals surface area contributed by atoms with Gasteiger partial charge in [0.25, 0.3) is 0 Å². The zero-order chi connectivity index (χ0) is 13.4. The van der Waals surface area contributed by atoms with Crippen molar-refractivity contribution in [2.24, 2.45) is 17.8 Å². The smallest absolute Gasteiger partial charge is 0.238 e. The minimum atomic E-state index is 0.0873. The monoisotopic (exact) mass is 248 g/mol. The fourth-order valence-electron chi connectivity index (χ4n) is 3.78. The number of amides is 1. The largest absolute Gasteiger partial charge is 0.300 e. The first-order valence-electron chi connectivity index (χ1n) is 6.81. The Morgan fingerprint density at radius 3 is 2.67 bits per heavy atom. The van der Waals surface area contributed by atoms with Gasteiger partial charge >= 0.3 is 0 Å². The van der Waals surface area contributed by atoms with Crippen LogP contribution in [0.2, 0.25) is 0 Å². The number of carbonyl (C=O) groups excluding carboxylic acids is 1. The van der Waals surface area contributed by atoms with Crippen molar-refractivity contribution >= 4 is 5.91 Å². The Hall–Kier alpha value is -1.25. The summed E-state index contributed by atoms with van der Waals surface area (Å²) in [6.45, 7) is 12.4. The highest BCUT2D eigenvalue weighted by molar-refractivity contribution is 5.73. The van der Waals surface area contributed by atoms with Crippen molar-refractivity contribution in [3.63, 3.8) is 0 Å². The van der Waals surface area contributed by atoms with Crippen molar-refractivity contribution in [3.05, 3.63) is 23.9 Å². The maximum Gasteiger partial charge on any atom is 0.238 e. The highest BCUT2D eigenvalue weighted by atomic mass is 16.2. The molecule has 0 aromatic carbocycles. The molecule has 0 radical (unpaired) electrons. The van der Waals surface area contributed by atoms with Crippen molar-refractivity contribution in [2.75, 3.05) is 0 Å². The maximum atomic E-state index is 11.7. The summed E-state index contributed by atoms with van der Waals surface area (Å²) < 4.78 is 0. The van der Waals surface area contributed by atoms with Crippen LogP contribution in [0, 0.1) is 17.8 Å². The Bertz CT molecular complexity index is 399. The molecule has 4 atom stereocenters. The first-order chi connectivity index (χ1) is 8.40. The van der Waals surface area contributed by atoms with E-state index >= 15 is 0 Å². The Kier molecular flexibility index (Phi) is 3.51. The molecule has 0 unspecified atom stereocenters. The number of nitrogens with zero attached hydrogens (tertiary/aromatic N) is 1. The van der Waals surface area contributed by atoms with Crippen LogP contribution in [-0.4, -0.2) is 17.0 Å². The lowest BCUT2D eigenvalue weighted by Gasteiger charge is -2.39. The molecule has 2 aliphatic rings. The molecular weight excluding hydrogens is 224 g/mol. The van der Waals surface area contributed by atoms with Gasteiger partial charge in [-0.3, -0.25) is 9.80 Å². The molecule has 1 N–H and O–H groups in total. The van der Waals surface area contributed by atoms with E-state index in [9.17, 15) is 4.79 Å². The van der Waals surface area contributed by atoms with Gasteiger partial charge in [0, 0.05) is 19.0 Å². The molecule has 100 valence electrons. The van der Waals surface area contributed by atoms with Gasteiger partial charge in [-0.15, -0.1) is 0 Å². The summed E-state index contributed by atoms with van der Waals surface area (Å²) in [5.74, 6) is 1.74. The lowest BCUT2D eigenvalue weighted by atomic mass is 9.70. The lowest BCUT2D eigenvalue weighted by molar-refractivity contribution is -0.134. The summed E-state index contributed by atoms with van der Waals surface area (Å²) in [4.78, 5) is 11.7. The van der Waals surface area contributed by atoms with Gasteiger partial charge in [0.2, 0.25) is 5.91 Å². The Morgan fingerprint density at radius 1 is 1.44 bits per heavy atom. The van der Waals surface area contributed by atoms with E-state index in [1.807, 2.05) is 0 Å². The van der Waals surface area contributed by atoms with Gasteiger partial charge in [0.05, 0.1) is 6.04 Å². The van der Waals surface area contributed by atoms with Gasteiger partial charge < -0.3 is 5.43 Å². The molecule has 2 rings (SSSR count). The molecule has 1 fully saturated rings. The summed E-state index contributed by atoms with van der Waals surface area (Å²) in [5, 5.41) is 1.79. The minimum absolute atomic E-state index is 0.0873. The molecule has 1 saturated heterocycles. The van der Waals surface area contributed by atoms with Crippen LogP contribution in [0.5, 0.6) is 0 Å². The van der Waals surface area contributed by atoms with Crippen molar-refractivity contribution in [1.82, 2.24) is 10.4 Å². The second-order valence-corrected chi connectivity index (χ2v) is 6.01. The van der Waals surface area contributed by atoms with E-state index in [0.717, 1.165) is 18.5 Å². The van der Waals surface area contributed by atoms with Gasteiger partial charge in [0.1, 0.15) is 0 Å². The third-order valence-electron chi connectivity index (χ3n) is 4.30. The SMILES string of the molecule is C=C1C[C@H]([C@H]2[C@H](C)C=C(C)C[C@@H]2C)N(C(C)=O)N1. The van der Waals surface area contributed by atoms with Crippen molar-refractivity contribution < 1.29 is 4.79 Å². The minimum Gasteiger partial charge on any atom is -0.300 e. The molecule has 1 amide bonds. The fourth-order valence-corrected chi connectivity index (χ4v) is 3.78. The zero-order valence-corrected chi connectivity index (χ0v) is 11.9. The average molecular weight is 248 g/mol. The third-order valence-corrected chi connectivity index (χ3v) is 4.30. The molecular formula is C15H24N2O. The first kappa shape index (κ1) is 13.2. The van der Waals surface area contributed by atoms with Crippen LogP contribution in [-0.2, 0) is 4.79 Å². The van der Waals surface area contributed by atoms with E-state index in [1.165, 1.54) is 5.57 Å². The topological polar surface area (TPSA) is 32.3 Å². The van der Waals surface area contributed by atoms with Crippen LogP contribution in [0.4, 0.5) is 0 Å². The predicted molar refractivity (Wildman–Crippen MR) is 73.4 cm³/mol. The van der Waals surface area contributed by atoms with Crippen LogP contribution in [0.1, 0.15) is 40.5 Å². The molecule has 18 heavy (non-hydrogen) atoms. The highest BCUT2D eigenvalue weighted by Gasteiger charge is 2.41. The number of carbonyl (C=O) groups is 1. The van der Waals surface area contributed by atoms with E-state index in [0.29, 0.717) is 17.8 Å². The molecule has 0 saturated carbocycles. The number of nitrogens with one attached hydrogen (secondary N) is 1. The normalized spacial score (nSPS) is 36.3. The van der Waals surface area contributed by atoms with Crippen LogP contribution in [0.25, 0.3) is 0 Å². The Labute approximate surface area is 110 Å². The molecule has 3 nitrogen and oxygen atoms in total. The number of hydrogen-bond donors (Lipinski definition) is 1. The highest BCUT2D eigenvalue weighted by Crippen LogP contribution is 2.40. The van der Waals surface area contributed by atoms with Crippen LogP contribution in [0.3, 0.4) is 0 Å². The molecule has 1 aliphatic carbocycles. The van der Waals surface area contributed by atoms with Crippen molar-refractivity contribution in [2.45, 2.75) is 46.6 Å². The number of hydrogen-bond acceptors (Lipinski definition) is 2.